The van der Waals surface area contributed by atoms with Gasteiger partial charge in [0.25, 0.3) is 0 Å². The maximum atomic E-state index is 12.9. The second kappa shape index (κ2) is 6.45. The Hall–Kier alpha value is -0.590. The first-order chi connectivity index (χ1) is 9.40. The zero-order chi connectivity index (χ0) is 14.8. The van der Waals surface area contributed by atoms with Crippen molar-refractivity contribution in [3.63, 3.8) is 0 Å². The van der Waals surface area contributed by atoms with Gasteiger partial charge < -0.3 is 4.52 Å². The van der Waals surface area contributed by atoms with Crippen LogP contribution in [-0.4, -0.2) is 12.8 Å². The van der Waals surface area contributed by atoms with Gasteiger partial charge in [-0.1, -0.05) is 45.4 Å². The van der Waals surface area contributed by atoms with Crippen LogP contribution in [0.4, 0.5) is 0 Å². The Morgan fingerprint density at radius 1 is 1.20 bits per heavy atom. The van der Waals surface area contributed by atoms with Gasteiger partial charge in [-0.15, -0.1) is 0 Å². The standard InChI is InChI=1S/C17H27O2P/c1-13(2)16-11-10-14(3)12-17(16)19-20(4,18)15-8-6-5-7-9-15/h5-9,13-14,16-17H,10-12H2,1-4H3/t14-,16+,17-,20+/m1/s1. The third kappa shape index (κ3) is 3.74. The SMILES string of the molecule is CC(C)[C@@H]1CC[C@@H](C)C[C@H]1O[P@](C)(=O)c1ccccc1. The Bertz CT molecular complexity index is 469. The van der Waals surface area contributed by atoms with Crippen LogP contribution in [0, 0.1) is 17.8 Å². The van der Waals surface area contributed by atoms with Crippen LogP contribution in [0.5, 0.6) is 0 Å². The normalized spacial score (nSPS) is 30.1. The molecule has 1 aromatic rings. The van der Waals surface area contributed by atoms with Gasteiger partial charge in [-0.2, -0.15) is 0 Å². The molecule has 1 aliphatic rings. The second-order valence-electron chi connectivity index (χ2n) is 6.65. The average molecular weight is 294 g/mol. The van der Waals surface area contributed by atoms with E-state index in [1.165, 1.54) is 12.8 Å². The molecule has 1 aliphatic carbocycles. The quantitative estimate of drug-likeness (QED) is 0.753. The van der Waals surface area contributed by atoms with Crippen molar-refractivity contribution in [1.82, 2.24) is 0 Å². The molecule has 0 heterocycles. The molecule has 1 aromatic carbocycles. The summed E-state index contributed by atoms with van der Waals surface area (Å²) in [5, 5.41) is 0.834. The lowest BCUT2D eigenvalue weighted by molar-refractivity contribution is 0.0506. The van der Waals surface area contributed by atoms with Gasteiger partial charge in [0.05, 0.1) is 6.10 Å². The summed E-state index contributed by atoms with van der Waals surface area (Å²) >= 11 is 0. The Morgan fingerprint density at radius 2 is 1.85 bits per heavy atom. The molecule has 0 N–H and O–H groups in total. The van der Waals surface area contributed by atoms with Gasteiger partial charge in [-0.3, -0.25) is 4.57 Å². The zero-order valence-corrected chi connectivity index (χ0v) is 14.0. The van der Waals surface area contributed by atoms with Crippen molar-refractivity contribution in [2.24, 2.45) is 17.8 Å². The summed E-state index contributed by atoms with van der Waals surface area (Å²) < 4.78 is 19.1. The Labute approximate surface area is 123 Å². The van der Waals surface area contributed by atoms with E-state index >= 15 is 0 Å². The summed E-state index contributed by atoms with van der Waals surface area (Å²) in [6, 6.07) is 9.63. The fourth-order valence-corrected chi connectivity index (χ4v) is 4.85. The number of hydrogen-bond acceptors (Lipinski definition) is 2. The fourth-order valence-electron chi connectivity index (χ4n) is 3.25. The lowest BCUT2D eigenvalue weighted by Gasteiger charge is -2.38. The highest BCUT2D eigenvalue weighted by atomic mass is 31.2. The van der Waals surface area contributed by atoms with Crippen molar-refractivity contribution in [2.75, 3.05) is 6.66 Å². The zero-order valence-electron chi connectivity index (χ0n) is 13.1. The average Bonchev–Trinajstić information content (AvgIpc) is 2.39. The molecule has 0 aromatic heterocycles. The van der Waals surface area contributed by atoms with Gasteiger partial charge in [-0.05, 0) is 42.7 Å². The minimum atomic E-state index is -2.72. The molecule has 2 nitrogen and oxygen atoms in total. The Balaban J connectivity index is 2.15. The summed E-state index contributed by atoms with van der Waals surface area (Å²) in [7, 11) is -2.72. The van der Waals surface area contributed by atoms with Crippen LogP contribution >= 0.6 is 7.37 Å². The van der Waals surface area contributed by atoms with Crippen molar-refractivity contribution < 1.29 is 9.09 Å². The molecule has 0 amide bonds. The molecule has 1 fully saturated rings. The van der Waals surface area contributed by atoms with E-state index in [2.05, 4.69) is 20.8 Å². The summed E-state index contributed by atoms with van der Waals surface area (Å²) in [5.41, 5.74) is 0. The molecular weight excluding hydrogens is 267 g/mol. The smallest absolute Gasteiger partial charge is 0.229 e. The molecule has 0 radical (unpaired) electrons. The molecule has 4 atom stereocenters. The maximum absolute atomic E-state index is 12.9. The van der Waals surface area contributed by atoms with Gasteiger partial charge in [0.15, 0.2) is 0 Å². The van der Waals surface area contributed by atoms with E-state index in [4.69, 9.17) is 4.52 Å². The molecule has 0 bridgehead atoms. The molecule has 0 aliphatic heterocycles. The van der Waals surface area contributed by atoms with E-state index in [-0.39, 0.29) is 6.10 Å². The highest BCUT2D eigenvalue weighted by Gasteiger charge is 2.35. The van der Waals surface area contributed by atoms with Crippen molar-refractivity contribution in [1.29, 1.82) is 0 Å². The molecule has 0 unspecified atom stereocenters. The second-order valence-corrected chi connectivity index (χ2v) is 9.07. The highest BCUT2D eigenvalue weighted by Crippen LogP contribution is 2.48. The summed E-state index contributed by atoms with van der Waals surface area (Å²) in [4.78, 5) is 0. The van der Waals surface area contributed by atoms with Crippen molar-refractivity contribution >= 4 is 12.7 Å². The van der Waals surface area contributed by atoms with Gasteiger partial charge in [0.2, 0.25) is 7.37 Å². The van der Waals surface area contributed by atoms with E-state index in [1.807, 2.05) is 30.3 Å². The molecule has 0 saturated heterocycles. The van der Waals surface area contributed by atoms with E-state index in [1.54, 1.807) is 6.66 Å². The molecule has 20 heavy (non-hydrogen) atoms. The van der Waals surface area contributed by atoms with E-state index in [0.717, 1.165) is 11.7 Å². The minimum Gasteiger partial charge on any atom is -0.322 e. The fraction of sp³-hybridized carbons (Fsp3) is 0.647. The van der Waals surface area contributed by atoms with E-state index < -0.39 is 7.37 Å². The summed E-state index contributed by atoms with van der Waals surface area (Å²) in [6.07, 6.45) is 3.63. The predicted molar refractivity (Wildman–Crippen MR) is 85.8 cm³/mol. The van der Waals surface area contributed by atoms with Crippen LogP contribution < -0.4 is 5.30 Å². The van der Waals surface area contributed by atoms with Crippen LogP contribution in [0.3, 0.4) is 0 Å². The molecule has 3 heteroatoms. The number of benzene rings is 1. The summed E-state index contributed by atoms with van der Waals surface area (Å²) in [5.74, 6) is 1.79. The molecular formula is C17H27O2P. The van der Waals surface area contributed by atoms with E-state index in [0.29, 0.717) is 17.8 Å². The van der Waals surface area contributed by atoms with Crippen LogP contribution in [0.2, 0.25) is 0 Å². The molecule has 0 spiro atoms. The lowest BCUT2D eigenvalue weighted by atomic mass is 9.75. The van der Waals surface area contributed by atoms with Gasteiger partial charge >= 0.3 is 0 Å². The first kappa shape index (κ1) is 15.8. The van der Waals surface area contributed by atoms with Crippen LogP contribution in [0.1, 0.15) is 40.0 Å². The van der Waals surface area contributed by atoms with Crippen molar-refractivity contribution in [2.45, 2.75) is 46.1 Å². The predicted octanol–water partition coefficient (Wildman–Crippen LogP) is 4.70. The van der Waals surface area contributed by atoms with Gasteiger partial charge in [0, 0.05) is 12.0 Å². The number of hydrogen-bond donors (Lipinski definition) is 0. The van der Waals surface area contributed by atoms with Gasteiger partial charge in [-0.25, -0.2) is 0 Å². The molecule has 112 valence electrons. The largest absolute Gasteiger partial charge is 0.322 e. The third-order valence-corrected chi connectivity index (χ3v) is 6.43. The highest BCUT2D eigenvalue weighted by molar-refractivity contribution is 7.66. The van der Waals surface area contributed by atoms with E-state index in [9.17, 15) is 4.57 Å². The summed E-state index contributed by atoms with van der Waals surface area (Å²) in [6.45, 7) is 8.54. The Morgan fingerprint density at radius 3 is 2.45 bits per heavy atom. The van der Waals surface area contributed by atoms with Crippen LogP contribution in [0.15, 0.2) is 30.3 Å². The monoisotopic (exact) mass is 294 g/mol. The van der Waals surface area contributed by atoms with Crippen LogP contribution in [0.25, 0.3) is 0 Å². The molecule has 2 rings (SSSR count). The van der Waals surface area contributed by atoms with Crippen LogP contribution in [-0.2, 0) is 9.09 Å². The first-order valence-corrected chi connectivity index (χ1v) is 9.79. The van der Waals surface area contributed by atoms with Crippen molar-refractivity contribution in [3.8, 4) is 0 Å². The van der Waals surface area contributed by atoms with Crippen molar-refractivity contribution in [3.05, 3.63) is 30.3 Å². The topological polar surface area (TPSA) is 26.3 Å². The lowest BCUT2D eigenvalue weighted by Crippen LogP contribution is -2.34. The number of rotatable bonds is 4. The maximum Gasteiger partial charge on any atom is 0.229 e. The third-order valence-electron chi connectivity index (χ3n) is 4.52. The minimum absolute atomic E-state index is 0.134. The Kier molecular flexibility index (Phi) is 5.09. The van der Waals surface area contributed by atoms with Gasteiger partial charge in [0.1, 0.15) is 0 Å². The molecule has 1 saturated carbocycles. The first-order valence-electron chi connectivity index (χ1n) is 7.71.